The Hall–Kier alpha value is -3.15. The highest BCUT2D eigenvalue weighted by molar-refractivity contribution is 6.03. The number of carbonyl (C=O) groups excluding carboxylic acids is 1. The van der Waals surface area contributed by atoms with Gasteiger partial charge in [-0.2, -0.15) is 0 Å². The number of pyridine rings is 1. The van der Waals surface area contributed by atoms with Crippen molar-refractivity contribution in [1.29, 1.82) is 0 Å². The van der Waals surface area contributed by atoms with Crippen LogP contribution in [0.15, 0.2) is 54.1 Å². The van der Waals surface area contributed by atoms with Crippen LogP contribution in [0.25, 0.3) is 10.9 Å². The zero-order chi connectivity index (χ0) is 17.9. The van der Waals surface area contributed by atoms with Crippen molar-refractivity contribution in [3.8, 4) is 0 Å². The fourth-order valence-electron chi connectivity index (χ4n) is 3.24. The SMILES string of the molecule is Cc1cccc2c(CCNC(=O)[C@@H]3CC(c4ccncc4)=NO3)c[nH]c12. The lowest BCUT2D eigenvalue weighted by atomic mass is 10.1. The van der Waals surface area contributed by atoms with Gasteiger partial charge in [-0.05, 0) is 36.6 Å². The van der Waals surface area contributed by atoms with Crippen LogP contribution in [0.1, 0.15) is 23.1 Å². The number of H-pyrrole nitrogens is 1. The Labute approximate surface area is 151 Å². The molecule has 3 aromatic rings. The van der Waals surface area contributed by atoms with Crippen molar-refractivity contribution >= 4 is 22.5 Å². The van der Waals surface area contributed by atoms with E-state index in [1.54, 1.807) is 12.4 Å². The molecule has 6 nitrogen and oxygen atoms in total. The van der Waals surface area contributed by atoms with Gasteiger partial charge in [0.1, 0.15) is 0 Å². The summed E-state index contributed by atoms with van der Waals surface area (Å²) >= 11 is 0. The van der Waals surface area contributed by atoms with Gasteiger partial charge in [-0.15, -0.1) is 0 Å². The molecule has 1 amide bonds. The zero-order valence-electron chi connectivity index (χ0n) is 14.5. The number of amides is 1. The van der Waals surface area contributed by atoms with Crippen LogP contribution in [0.4, 0.5) is 0 Å². The summed E-state index contributed by atoms with van der Waals surface area (Å²) < 4.78 is 0. The Morgan fingerprint density at radius 3 is 3.00 bits per heavy atom. The molecule has 1 aliphatic heterocycles. The van der Waals surface area contributed by atoms with E-state index in [-0.39, 0.29) is 5.91 Å². The molecule has 0 aliphatic carbocycles. The lowest BCUT2D eigenvalue weighted by Crippen LogP contribution is -2.35. The average molecular weight is 348 g/mol. The topological polar surface area (TPSA) is 79.4 Å². The third-order valence-corrected chi connectivity index (χ3v) is 4.68. The number of benzene rings is 1. The second-order valence-electron chi connectivity index (χ2n) is 6.42. The first-order valence-electron chi connectivity index (χ1n) is 8.69. The summed E-state index contributed by atoms with van der Waals surface area (Å²) in [4.78, 5) is 24.9. The molecule has 1 aromatic carbocycles. The first kappa shape index (κ1) is 16.3. The van der Waals surface area contributed by atoms with Crippen LogP contribution >= 0.6 is 0 Å². The van der Waals surface area contributed by atoms with Crippen molar-refractivity contribution in [1.82, 2.24) is 15.3 Å². The van der Waals surface area contributed by atoms with Gasteiger partial charge in [-0.3, -0.25) is 9.78 Å². The van der Waals surface area contributed by atoms with E-state index >= 15 is 0 Å². The van der Waals surface area contributed by atoms with Gasteiger partial charge in [0.15, 0.2) is 0 Å². The maximum atomic E-state index is 12.3. The average Bonchev–Trinajstić information content (AvgIpc) is 3.31. The van der Waals surface area contributed by atoms with E-state index in [0.29, 0.717) is 13.0 Å². The molecule has 2 aromatic heterocycles. The summed E-state index contributed by atoms with van der Waals surface area (Å²) in [6, 6.07) is 9.97. The van der Waals surface area contributed by atoms with Crippen LogP contribution in [-0.2, 0) is 16.1 Å². The van der Waals surface area contributed by atoms with Gasteiger partial charge in [-0.1, -0.05) is 23.4 Å². The molecule has 1 aliphatic rings. The Balaban J connectivity index is 1.31. The minimum Gasteiger partial charge on any atom is -0.382 e. The largest absolute Gasteiger partial charge is 0.382 e. The molecular weight excluding hydrogens is 328 g/mol. The number of oxime groups is 1. The molecule has 0 radical (unpaired) electrons. The summed E-state index contributed by atoms with van der Waals surface area (Å²) in [6.45, 7) is 2.65. The van der Waals surface area contributed by atoms with Gasteiger partial charge in [0.25, 0.3) is 5.91 Å². The van der Waals surface area contributed by atoms with Crippen LogP contribution in [0.5, 0.6) is 0 Å². The van der Waals surface area contributed by atoms with E-state index in [1.165, 1.54) is 16.5 Å². The number of aromatic nitrogens is 2. The molecule has 2 N–H and O–H groups in total. The number of aromatic amines is 1. The molecule has 0 saturated carbocycles. The van der Waals surface area contributed by atoms with E-state index in [0.717, 1.165) is 23.2 Å². The summed E-state index contributed by atoms with van der Waals surface area (Å²) in [5.41, 5.74) is 5.29. The first-order valence-corrected chi connectivity index (χ1v) is 8.69. The number of nitrogens with zero attached hydrogens (tertiary/aromatic N) is 2. The van der Waals surface area contributed by atoms with Crippen LogP contribution in [0.3, 0.4) is 0 Å². The van der Waals surface area contributed by atoms with E-state index in [1.807, 2.05) is 18.3 Å². The van der Waals surface area contributed by atoms with Gasteiger partial charge in [0, 0.05) is 48.0 Å². The predicted octanol–water partition coefficient (Wildman–Crippen LogP) is 2.72. The van der Waals surface area contributed by atoms with E-state index in [2.05, 4.69) is 45.6 Å². The molecule has 0 bridgehead atoms. The highest BCUT2D eigenvalue weighted by atomic mass is 16.6. The predicted molar refractivity (Wildman–Crippen MR) is 100 cm³/mol. The van der Waals surface area contributed by atoms with Gasteiger partial charge in [0.05, 0.1) is 5.71 Å². The van der Waals surface area contributed by atoms with Crippen molar-refractivity contribution < 1.29 is 9.63 Å². The summed E-state index contributed by atoms with van der Waals surface area (Å²) in [6.07, 6.45) is 6.09. The monoisotopic (exact) mass is 348 g/mol. The van der Waals surface area contributed by atoms with Crippen molar-refractivity contribution in [3.63, 3.8) is 0 Å². The zero-order valence-corrected chi connectivity index (χ0v) is 14.5. The summed E-state index contributed by atoms with van der Waals surface area (Å²) in [5.74, 6) is -0.131. The molecule has 3 heterocycles. The molecule has 0 unspecified atom stereocenters. The molecule has 132 valence electrons. The van der Waals surface area contributed by atoms with Crippen molar-refractivity contribution in [3.05, 3.63) is 65.6 Å². The van der Waals surface area contributed by atoms with Crippen molar-refractivity contribution in [2.24, 2.45) is 5.16 Å². The molecule has 0 fully saturated rings. The second-order valence-corrected chi connectivity index (χ2v) is 6.42. The number of fused-ring (bicyclic) bond motifs is 1. The fourth-order valence-corrected chi connectivity index (χ4v) is 3.24. The molecular formula is C20H20N4O2. The van der Waals surface area contributed by atoms with E-state index in [4.69, 9.17) is 4.84 Å². The van der Waals surface area contributed by atoms with Crippen LogP contribution in [0.2, 0.25) is 0 Å². The van der Waals surface area contributed by atoms with E-state index < -0.39 is 6.10 Å². The van der Waals surface area contributed by atoms with Crippen LogP contribution in [-0.4, -0.2) is 34.2 Å². The second kappa shape index (κ2) is 7.00. The number of rotatable bonds is 5. The number of para-hydroxylation sites is 1. The molecule has 0 saturated heterocycles. The van der Waals surface area contributed by atoms with Crippen molar-refractivity contribution in [2.75, 3.05) is 6.54 Å². The van der Waals surface area contributed by atoms with Gasteiger partial charge < -0.3 is 15.1 Å². The number of aryl methyl sites for hydroxylation is 1. The fraction of sp³-hybridized carbons (Fsp3) is 0.250. The first-order chi connectivity index (χ1) is 12.7. The minimum absolute atomic E-state index is 0.131. The van der Waals surface area contributed by atoms with Gasteiger partial charge in [-0.25, -0.2) is 0 Å². The molecule has 4 rings (SSSR count). The standard InChI is InChI=1S/C20H20N4O2/c1-13-3-2-4-16-15(12-23-19(13)16)7-10-22-20(25)18-11-17(24-26-18)14-5-8-21-9-6-14/h2-6,8-9,12,18,23H,7,10-11H2,1H3,(H,22,25)/t18-/m0/s1. The Bertz CT molecular complexity index is 962. The Morgan fingerprint density at radius 1 is 1.31 bits per heavy atom. The third-order valence-electron chi connectivity index (χ3n) is 4.68. The maximum Gasteiger partial charge on any atom is 0.264 e. The molecule has 1 atom stereocenters. The maximum absolute atomic E-state index is 12.3. The normalized spacial score (nSPS) is 16.3. The van der Waals surface area contributed by atoms with Crippen LogP contribution in [0, 0.1) is 6.92 Å². The minimum atomic E-state index is -0.566. The quantitative estimate of drug-likeness (QED) is 0.744. The highest BCUT2D eigenvalue weighted by Crippen LogP contribution is 2.21. The Kier molecular flexibility index (Phi) is 4.39. The molecule has 26 heavy (non-hydrogen) atoms. The smallest absolute Gasteiger partial charge is 0.264 e. The summed E-state index contributed by atoms with van der Waals surface area (Å²) in [5, 5.41) is 8.20. The van der Waals surface area contributed by atoms with E-state index in [9.17, 15) is 4.79 Å². The number of nitrogens with one attached hydrogen (secondary N) is 2. The Morgan fingerprint density at radius 2 is 2.15 bits per heavy atom. The third kappa shape index (κ3) is 3.18. The lowest BCUT2D eigenvalue weighted by Gasteiger charge is -2.09. The van der Waals surface area contributed by atoms with Crippen LogP contribution < -0.4 is 5.32 Å². The summed E-state index contributed by atoms with van der Waals surface area (Å²) in [7, 11) is 0. The number of carbonyl (C=O) groups is 1. The molecule has 0 spiro atoms. The van der Waals surface area contributed by atoms with Gasteiger partial charge in [0.2, 0.25) is 6.10 Å². The lowest BCUT2D eigenvalue weighted by molar-refractivity contribution is -0.131. The van der Waals surface area contributed by atoms with Crippen molar-refractivity contribution in [2.45, 2.75) is 25.9 Å². The molecule has 6 heteroatoms. The number of hydrogen-bond donors (Lipinski definition) is 2. The number of hydrogen-bond acceptors (Lipinski definition) is 4. The highest BCUT2D eigenvalue weighted by Gasteiger charge is 2.28. The van der Waals surface area contributed by atoms with Gasteiger partial charge >= 0.3 is 0 Å².